The van der Waals surface area contributed by atoms with Crippen molar-refractivity contribution in [2.24, 2.45) is 0 Å². The lowest BCUT2D eigenvalue weighted by Crippen LogP contribution is -2.33. The van der Waals surface area contributed by atoms with Gasteiger partial charge in [0, 0.05) is 18.5 Å². The standard InChI is InChI=1S/C16H22N3O8PS/c20-11-9(5-26-7-28(23,24)25)27-13(12(11)21)14-10-8(6-29-14)15(18-16(22)17-10)19-3-1-2-4-19/h6,9,11-13,20-21H,1-5,7H2,(H,17,22)(H2,23,24,25)/t9-,11-,12-,13-/m1/s1. The minimum atomic E-state index is -4.34. The molecule has 2 aromatic rings. The SMILES string of the molecule is O=P(O)(O)COC[C@H]1O[C@@H](c2scc3c(N4CCCC4)nc(O)nc23)[C@H](O)[C@@H]1O. The summed E-state index contributed by atoms with van der Waals surface area (Å²) in [6.07, 6.45) is -3.20. The maximum absolute atomic E-state index is 10.9. The summed E-state index contributed by atoms with van der Waals surface area (Å²) in [5, 5.41) is 33.3. The smallest absolute Gasteiger partial charge is 0.350 e. The maximum Gasteiger partial charge on any atom is 0.350 e. The summed E-state index contributed by atoms with van der Waals surface area (Å²) in [6.45, 7) is 1.37. The van der Waals surface area contributed by atoms with Gasteiger partial charge in [-0.25, -0.2) is 0 Å². The van der Waals surface area contributed by atoms with Crippen molar-refractivity contribution in [3.63, 3.8) is 0 Å². The second-order valence-electron chi connectivity index (χ2n) is 7.14. The Labute approximate surface area is 169 Å². The Balaban J connectivity index is 1.58. The molecule has 13 heteroatoms. The van der Waals surface area contributed by atoms with E-state index in [1.54, 1.807) is 0 Å². The van der Waals surface area contributed by atoms with Gasteiger partial charge < -0.3 is 39.5 Å². The molecular formula is C16H22N3O8PS. The summed E-state index contributed by atoms with van der Waals surface area (Å²) in [6, 6.07) is -0.381. The van der Waals surface area contributed by atoms with Gasteiger partial charge in [0.15, 0.2) is 0 Å². The Morgan fingerprint density at radius 1 is 1.24 bits per heavy atom. The van der Waals surface area contributed by atoms with Crippen LogP contribution in [0.2, 0.25) is 0 Å². The minimum absolute atomic E-state index is 0.289. The summed E-state index contributed by atoms with van der Waals surface area (Å²) in [7, 11) is -4.34. The Kier molecular flexibility index (Phi) is 5.79. The summed E-state index contributed by atoms with van der Waals surface area (Å²) in [4.78, 5) is 28.6. The van der Waals surface area contributed by atoms with Crippen molar-refractivity contribution < 1.29 is 39.1 Å². The zero-order valence-corrected chi connectivity index (χ0v) is 17.0. The van der Waals surface area contributed by atoms with Crippen LogP contribution in [0.1, 0.15) is 23.8 Å². The largest absolute Gasteiger partial charge is 0.479 e. The summed E-state index contributed by atoms with van der Waals surface area (Å²) >= 11 is 1.28. The van der Waals surface area contributed by atoms with E-state index in [9.17, 15) is 19.9 Å². The molecule has 4 heterocycles. The van der Waals surface area contributed by atoms with Gasteiger partial charge in [-0.1, -0.05) is 0 Å². The van der Waals surface area contributed by atoms with Gasteiger partial charge in [-0.2, -0.15) is 9.97 Å². The highest BCUT2D eigenvalue weighted by Gasteiger charge is 2.45. The van der Waals surface area contributed by atoms with Crippen LogP contribution in [0.5, 0.6) is 6.01 Å². The molecule has 2 fully saturated rings. The van der Waals surface area contributed by atoms with E-state index in [-0.39, 0.29) is 12.6 Å². The molecule has 0 saturated carbocycles. The van der Waals surface area contributed by atoms with Gasteiger partial charge in [-0.3, -0.25) is 4.57 Å². The van der Waals surface area contributed by atoms with Gasteiger partial charge in [0.05, 0.1) is 22.4 Å². The van der Waals surface area contributed by atoms with Crippen LogP contribution in [0.3, 0.4) is 0 Å². The van der Waals surface area contributed by atoms with Crippen molar-refractivity contribution >= 4 is 35.7 Å². The number of hydrogen-bond donors (Lipinski definition) is 5. The number of aromatic hydroxyl groups is 1. The van der Waals surface area contributed by atoms with E-state index in [0.29, 0.717) is 16.2 Å². The van der Waals surface area contributed by atoms with E-state index >= 15 is 0 Å². The zero-order valence-electron chi connectivity index (χ0n) is 15.3. The summed E-state index contributed by atoms with van der Waals surface area (Å²) in [5.41, 5.74) is 0.442. The maximum atomic E-state index is 10.9. The first-order valence-electron chi connectivity index (χ1n) is 9.11. The molecule has 0 amide bonds. The van der Waals surface area contributed by atoms with Crippen molar-refractivity contribution in [3.05, 3.63) is 10.3 Å². The Morgan fingerprint density at radius 3 is 2.66 bits per heavy atom. The first-order valence-corrected chi connectivity index (χ1v) is 11.8. The highest BCUT2D eigenvalue weighted by atomic mass is 32.1. The van der Waals surface area contributed by atoms with Crippen molar-refractivity contribution in [2.75, 3.05) is 30.9 Å². The molecular weight excluding hydrogens is 425 g/mol. The molecule has 2 saturated heterocycles. The molecule has 160 valence electrons. The zero-order chi connectivity index (χ0) is 20.8. The van der Waals surface area contributed by atoms with Crippen molar-refractivity contribution in [3.8, 4) is 6.01 Å². The molecule has 5 N–H and O–H groups in total. The first kappa shape index (κ1) is 20.9. The third kappa shape index (κ3) is 4.25. The third-order valence-electron chi connectivity index (χ3n) is 5.02. The number of hydrogen-bond acceptors (Lipinski definition) is 10. The van der Waals surface area contributed by atoms with Crippen molar-refractivity contribution in [2.45, 2.75) is 37.3 Å². The quantitative estimate of drug-likeness (QED) is 0.387. The number of ether oxygens (including phenoxy) is 2. The normalized spacial score (nSPS) is 27.9. The molecule has 4 atom stereocenters. The van der Waals surface area contributed by atoms with Gasteiger partial charge in [0.2, 0.25) is 0 Å². The van der Waals surface area contributed by atoms with Crippen LogP contribution in [0, 0.1) is 0 Å². The van der Waals surface area contributed by atoms with Gasteiger partial charge in [0.1, 0.15) is 36.6 Å². The predicted octanol–water partition coefficient (Wildman–Crippen LogP) is 0.311. The van der Waals surface area contributed by atoms with Crippen LogP contribution in [0.4, 0.5) is 5.82 Å². The molecule has 0 bridgehead atoms. The average molecular weight is 447 g/mol. The Bertz CT molecular complexity index is 930. The average Bonchev–Trinajstić information content (AvgIpc) is 3.36. The van der Waals surface area contributed by atoms with E-state index in [1.807, 2.05) is 5.38 Å². The van der Waals surface area contributed by atoms with Gasteiger partial charge >= 0.3 is 13.6 Å². The lowest BCUT2D eigenvalue weighted by Gasteiger charge is -2.18. The first-order chi connectivity index (χ1) is 13.7. The fourth-order valence-corrected chi connectivity index (χ4v) is 5.08. The molecule has 0 unspecified atom stereocenters. The second kappa shape index (κ2) is 8.05. The molecule has 4 rings (SSSR count). The molecule has 0 aliphatic carbocycles. The van der Waals surface area contributed by atoms with Crippen LogP contribution >= 0.6 is 18.9 Å². The number of anilines is 1. The van der Waals surface area contributed by atoms with Crippen LogP contribution in [-0.2, 0) is 14.0 Å². The molecule has 0 aromatic carbocycles. The van der Waals surface area contributed by atoms with E-state index in [0.717, 1.165) is 31.3 Å². The van der Waals surface area contributed by atoms with E-state index < -0.39 is 38.4 Å². The second-order valence-corrected chi connectivity index (χ2v) is 9.64. The highest BCUT2D eigenvalue weighted by molar-refractivity contribution is 7.51. The number of fused-ring (bicyclic) bond motifs is 1. The van der Waals surface area contributed by atoms with E-state index in [1.165, 1.54) is 11.3 Å². The molecule has 0 radical (unpaired) electrons. The molecule has 2 aliphatic rings. The van der Waals surface area contributed by atoms with E-state index in [2.05, 4.69) is 14.9 Å². The number of aliphatic hydroxyl groups excluding tert-OH is 2. The topological polar surface area (TPSA) is 166 Å². The van der Waals surface area contributed by atoms with Gasteiger partial charge in [-0.05, 0) is 12.8 Å². The lowest BCUT2D eigenvalue weighted by atomic mass is 10.1. The van der Waals surface area contributed by atoms with Crippen LogP contribution in [0.25, 0.3) is 10.9 Å². The van der Waals surface area contributed by atoms with Crippen LogP contribution in [-0.4, -0.2) is 79.4 Å². The number of thiophene rings is 1. The predicted molar refractivity (Wildman–Crippen MR) is 103 cm³/mol. The fourth-order valence-electron chi connectivity index (χ4n) is 3.68. The van der Waals surface area contributed by atoms with E-state index in [4.69, 9.17) is 19.3 Å². The molecule has 29 heavy (non-hydrogen) atoms. The molecule has 0 spiro atoms. The fraction of sp³-hybridized carbons (Fsp3) is 0.625. The molecule has 2 aromatic heterocycles. The number of aliphatic hydroxyl groups is 2. The third-order valence-corrected chi connectivity index (χ3v) is 6.57. The summed E-state index contributed by atoms with van der Waals surface area (Å²) in [5.74, 6) is 0.627. The lowest BCUT2D eigenvalue weighted by molar-refractivity contribution is -0.0380. The number of rotatable bonds is 6. The van der Waals surface area contributed by atoms with Gasteiger partial charge in [0.25, 0.3) is 0 Å². The van der Waals surface area contributed by atoms with Crippen molar-refractivity contribution in [1.29, 1.82) is 0 Å². The van der Waals surface area contributed by atoms with Crippen LogP contribution in [0.15, 0.2) is 5.38 Å². The Morgan fingerprint density at radius 2 is 1.97 bits per heavy atom. The number of nitrogens with zero attached hydrogens (tertiary/aromatic N) is 3. The highest BCUT2D eigenvalue weighted by Crippen LogP contribution is 2.43. The molecule has 11 nitrogen and oxygen atoms in total. The Hall–Kier alpha value is -1.37. The van der Waals surface area contributed by atoms with Gasteiger partial charge in [-0.15, -0.1) is 11.3 Å². The minimum Gasteiger partial charge on any atom is -0.479 e. The number of aromatic nitrogens is 2. The molecule has 2 aliphatic heterocycles. The summed E-state index contributed by atoms with van der Waals surface area (Å²) < 4.78 is 21.6. The monoisotopic (exact) mass is 447 g/mol. The van der Waals surface area contributed by atoms with Crippen LogP contribution < -0.4 is 4.90 Å². The van der Waals surface area contributed by atoms with Crippen molar-refractivity contribution in [1.82, 2.24) is 9.97 Å².